The largest absolute Gasteiger partial charge is 0.497 e. The first-order valence-electron chi connectivity index (χ1n) is 9.46. The highest BCUT2D eigenvalue weighted by Gasteiger charge is 2.20. The third-order valence-corrected chi connectivity index (χ3v) is 5.03. The van der Waals surface area contributed by atoms with Crippen LogP contribution in [0.15, 0.2) is 47.0 Å². The molecule has 3 aromatic rings. The van der Waals surface area contributed by atoms with E-state index in [1.54, 1.807) is 13.2 Å². The van der Waals surface area contributed by atoms with Crippen molar-refractivity contribution in [3.63, 3.8) is 0 Å². The van der Waals surface area contributed by atoms with E-state index in [1.807, 2.05) is 24.3 Å². The summed E-state index contributed by atoms with van der Waals surface area (Å²) in [5.74, 6) is 0.292. The van der Waals surface area contributed by atoms with Crippen molar-refractivity contribution >= 4 is 0 Å². The molecule has 8 heteroatoms. The molecule has 1 fully saturated rings. The maximum Gasteiger partial charge on any atom is 0.241 e. The molecule has 0 atom stereocenters. The van der Waals surface area contributed by atoms with Gasteiger partial charge in [-0.15, -0.1) is 0 Å². The van der Waals surface area contributed by atoms with E-state index < -0.39 is 11.6 Å². The minimum atomic E-state index is -0.813. The van der Waals surface area contributed by atoms with Crippen molar-refractivity contribution in [2.24, 2.45) is 0 Å². The Morgan fingerprint density at radius 3 is 2.28 bits per heavy atom. The van der Waals surface area contributed by atoms with E-state index in [1.165, 1.54) is 12.1 Å². The zero-order valence-electron chi connectivity index (χ0n) is 16.1. The molecule has 29 heavy (non-hydrogen) atoms. The van der Waals surface area contributed by atoms with Crippen LogP contribution in [0.25, 0.3) is 11.4 Å². The number of rotatable bonds is 6. The van der Waals surface area contributed by atoms with Crippen LogP contribution in [0.4, 0.5) is 8.78 Å². The molecule has 0 radical (unpaired) electrons. The molecule has 0 bridgehead atoms. The summed E-state index contributed by atoms with van der Waals surface area (Å²) in [5.41, 5.74) is 1.65. The molecule has 4 rings (SSSR count). The topological polar surface area (TPSA) is 54.6 Å². The molecule has 1 aliphatic heterocycles. The van der Waals surface area contributed by atoms with Gasteiger partial charge in [-0.1, -0.05) is 11.2 Å². The molecule has 0 amide bonds. The van der Waals surface area contributed by atoms with Crippen LogP contribution >= 0.6 is 0 Å². The third-order valence-electron chi connectivity index (χ3n) is 5.03. The summed E-state index contributed by atoms with van der Waals surface area (Å²) in [6, 6.07) is 11.6. The Morgan fingerprint density at radius 1 is 0.931 bits per heavy atom. The molecule has 2 aromatic carbocycles. The molecule has 152 valence electrons. The number of piperazine rings is 1. The minimum absolute atomic E-state index is 0.555. The normalized spacial score (nSPS) is 15.6. The molecule has 0 N–H and O–H groups in total. The van der Waals surface area contributed by atoms with Crippen molar-refractivity contribution in [1.29, 1.82) is 0 Å². The molecule has 0 spiro atoms. The fraction of sp³-hybridized carbons (Fsp3) is 0.333. The number of methoxy groups -OCH3 is 1. The molecular weight excluding hydrogens is 378 g/mol. The number of ether oxygens (including phenoxy) is 1. The van der Waals surface area contributed by atoms with Crippen molar-refractivity contribution in [3.05, 3.63) is 65.6 Å². The summed E-state index contributed by atoms with van der Waals surface area (Å²) < 4.78 is 37.0. The van der Waals surface area contributed by atoms with Crippen LogP contribution < -0.4 is 4.74 Å². The van der Waals surface area contributed by atoms with Crippen LogP contribution in [-0.4, -0.2) is 53.2 Å². The Morgan fingerprint density at radius 2 is 1.62 bits per heavy atom. The molecule has 0 aliphatic carbocycles. The average molecular weight is 400 g/mol. The van der Waals surface area contributed by atoms with Gasteiger partial charge in [-0.25, -0.2) is 8.78 Å². The molecule has 1 saturated heterocycles. The zero-order valence-corrected chi connectivity index (χ0v) is 16.1. The lowest BCUT2D eigenvalue weighted by Crippen LogP contribution is -2.45. The van der Waals surface area contributed by atoms with Crippen molar-refractivity contribution in [2.45, 2.75) is 13.1 Å². The highest BCUT2D eigenvalue weighted by atomic mass is 19.2. The van der Waals surface area contributed by atoms with Gasteiger partial charge in [0, 0.05) is 38.3 Å². The fourth-order valence-electron chi connectivity index (χ4n) is 3.37. The number of hydrogen-bond acceptors (Lipinski definition) is 6. The van der Waals surface area contributed by atoms with Crippen LogP contribution in [0.3, 0.4) is 0 Å². The Hall–Kier alpha value is -2.84. The predicted molar refractivity (Wildman–Crippen MR) is 103 cm³/mol. The highest BCUT2D eigenvalue weighted by molar-refractivity contribution is 5.55. The molecule has 1 aromatic heterocycles. The lowest BCUT2D eigenvalue weighted by atomic mass is 10.2. The second kappa shape index (κ2) is 8.67. The Balaban J connectivity index is 1.29. The summed E-state index contributed by atoms with van der Waals surface area (Å²) >= 11 is 0. The van der Waals surface area contributed by atoms with Crippen molar-refractivity contribution in [1.82, 2.24) is 19.9 Å². The van der Waals surface area contributed by atoms with Gasteiger partial charge < -0.3 is 9.26 Å². The molecule has 6 nitrogen and oxygen atoms in total. The lowest BCUT2D eigenvalue weighted by Gasteiger charge is -2.33. The van der Waals surface area contributed by atoms with Gasteiger partial charge in [0.15, 0.2) is 11.6 Å². The first kappa shape index (κ1) is 19.5. The molecule has 0 unspecified atom stereocenters. The third kappa shape index (κ3) is 4.78. The van der Waals surface area contributed by atoms with Crippen LogP contribution in [0, 0.1) is 11.6 Å². The van der Waals surface area contributed by atoms with Gasteiger partial charge in [0.1, 0.15) is 5.75 Å². The molecule has 0 saturated carbocycles. The molecule has 2 heterocycles. The minimum Gasteiger partial charge on any atom is -0.497 e. The summed E-state index contributed by atoms with van der Waals surface area (Å²) in [6.07, 6.45) is 0. The number of aromatic nitrogens is 2. The van der Waals surface area contributed by atoms with Gasteiger partial charge in [0.25, 0.3) is 0 Å². The Labute approximate surface area is 167 Å². The quantitative estimate of drug-likeness (QED) is 0.633. The standard InChI is InChI=1S/C21H22F2N4O2/c1-28-17-5-3-16(4-6-17)21-24-20(29-25-21)14-27-10-8-26(9-11-27)13-15-2-7-18(22)19(23)12-15/h2-7,12H,8-11,13-14H2,1H3. The second-order valence-corrected chi connectivity index (χ2v) is 7.04. The van der Waals surface area contributed by atoms with Crippen LogP contribution in [-0.2, 0) is 13.1 Å². The predicted octanol–water partition coefficient (Wildman–Crippen LogP) is 3.34. The number of benzene rings is 2. The Bertz CT molecular complexity index is 954. The summed E-state index contributed by atoms with van der Waals surface area (Å²) in [6.45, 7) is 4.53. The van der Waals surface area contributed by atoms with E-state index in [0.717, 1.165) is 43.1 Å². The maximum atomic E-state index is 13.4. The van der Waals surface area contributed by atoms with E-state index in [0.29, 0.717) is 24.8 Å². The van der Waals surface area contributed by atoms with Crippen LogP contribution in [0.5, 0.6) is 5.75 Å². The van der Waals surface area contributed by atoms with E-state index in [4.69, 9.17) is 9.26 Å². The van der Waals surface area contributed by atoms with E-state index in [9.17, 15) is 8.78 Å². The van der Waals surface area contributed by atoms with E-state index in [-0.39, 0.29) is 0 Å². The van der Waals surface area contributed by atoms with Crippen molar-refractivity contribution in [3.8, 4) is 17.1 Å². The van der Waals surface area contributed by atoms with E-state index in [2.05, 4.69) is 19.9 Å². The summed E-state index contributed by atoms with van der Waals surface area (Å²) in [5, 5.41) is 4.06. The number of hydrogen-bond donors (Lipinski definition) is 0. The molecular formula is C21H22F2N4O2. The van der Waals surface area contributed by atoms with E-state index >= 15 is 0 Å². The van der Waals surface area contributed by atoms with Gasteiger partial charge >= 0.3 is 0 Å². The Kier molecular flexibility index (Phi) is 5.82. The summed E-state index contributed by atoms with van der Waals surface area (Å²) in [4.78, 5) is 8.95. The monoisotopic (exact) mass is 400 g/mol. The number of nitrogens with zero attached hydrogens (tertiary/aromatic N) is 4. The summed E-state index contributed by atoms with van der Waals surface area (Å²) in [7, 11) is 1.62. The van der Waals surface area contributed by atoms with Gasteiger partial charge in [-0.05, 0) is 42.0 Å². The lowest BCUT2D eigenvalue weighted by molar-refractivity contribution is 0.112. The zero-order chi connectivity index (χ0) is 20.2. The van der Waals surface area contributed by atoms with Crippen LogP contribution in [0.1, 0.15) is 11.5 Å². The second-order valence-electron chi connectivity index (χ2n) is 7.04. The van der Waals surface area contributed by atoms with Crippen LogP contribution in [0.2, 0.25) is 0 Å². The maximum absolute atomic E-state index is 13.4. The van der Waals surface area contributed by atoms with Gasteiger partial charge in [-0.2, -0.15) is 4.98 Å². The average Bonchev–Trinajstić information content (AvgIpc) is 3.21. The fourth-order valence-corrected chi connectivity index (χ4v) is 3.37. The number of halogens is 2. The first-order chi connectivity index (χ1) is 14.1. The van der Waals surface area contributed by atoms with Gasteiger partial charge in [0.2, 0.25) is 11.7 Å². The van der Waals surface area contributed by atoms with Crippen molar-refractivity contribution < 1.29 is 18.0 Å². The smallest absolute Gasteiger partial charge is 0.241 e. The van der Waals surface area contributed by atoms with Crippen molar-refractivity contribution in [2.75, 3.05) is 33.3 Å². The first-order valence-corrected chi connectivity index (χ1v) is 9.46. The highest BCUT2D eigenvalue weighted by Crippen LogP contribution is 2.20. The van der Waals surface area contributed by atoms with Gasteiger partial charge in [0.05, 0.1) is 13.7 Å². The SMILES string of the molecule is COc1ccc(-c2noc(CN3CCN(Cc4ccc(F)c(F)c4)CC3)n2)cc1. The molecule has 1 aliphatic rings. The van der Waals surface area contributed by atoms with Gasteiger partial charge in [-0.3, -0.25) is 9.80 Å².